The van der Waals surface area contributed by atoms with Crippen LogP contribution in [0.2, 0.25) is 0 Å². The second kappa shape index (κ2) is 8.24. The number of ether oxygens (including phenoxy) is 1. The van der Waals surface area contributed by atoms with Gasteiger partial charge in [0.1, 0.15) is 0 Å². The monoisotopic (exact) mass is 385 g/mol. The third-order valence-electron chi connectivity index (χ3n) is 4.00. The van der Waals surface area contributed by atoms with Crippen molar-refractivity contribution in [1.82, 2.24) is 4.57 Å². The van der Waals surface area contributed by atoms with Crippen molar-refractivity contribution in [2.45, 2.75) is 20.4 Å². The predicted molar refractivity (Wildman–Crippen MR) is 104 cm³/mol. The topological polar surface area (TPSA) is 86.7 Å². The lowest BCUT2D eigenvalue weighted by Crippen LogP contribution is -2.19. The Morgan fingerprint density at radius 1 is 1.30 bits per heavy atom. The van der Waals surface area contributed by atoms with E-state index in [4.69, 9.17) is 4.74 Å². The van der Waals surface area contributed by atoms with Gasteiger partial charge in [0.2, 0.25) is 0 Å². The Kier molecular flexibility index (Phi) is 5.78. The summed E-state index contributed by atoms with van der Waals surface area (Å²) in [5.74, 6) is -0.507. The van der Waals surface area contributed by atoms with Crippen LogP contribution in [0.15, 0.2) is 47.5 Å². The molecule has 3 rings (SSSR count). The Balaban J connectivity index is 2.05. The molecular weight excluding hydrogens is 366 g/mol. The van der Waals surface area contributed by atoms with Crippen molar-refractivity contribution < 1.29 is 14.5 Å². The van der Waals surface area contributed by atoms with E-state index in [1.807, 2.05) is 36.6 Å². The maximum absolute atomic E-state index is 12.6. The van der Waals surface area contributed by atoms with Crippen molar-refractivity contribution >= 4 is 33.1 Å². The van der Waals surface area contributed by atoms with E-state index in [2.05, 4.69) is 4.99 Å². The fraction of sp³-hybridized carbons (Fsp3) is 0.263. The minimum Gasteiger partial charge on any atom is -0.380 e. The summed E-state index contributed by atoms with van der Waals surface area (Å²) in [5, 5.41) is 10.9. The standard InChI is InChI=1S/C19H19N3O4S/c1-3-26-10-9-21-16-8-7-13(2)11-17(16)27-19(21)20-18(23)14-5-4-6-15(12-14)22(24)25/h4-8,11-12H,3,9-10H2,1-2H3. The average Bonchev–Trinajstić information content (AvgIpc) is 2.98. The fourth-order valence-corrected chi connectivity index (χ4v) is 3.84. The molecule has 1 amide bonds. The van der Waals surface area contributed by atoms with Crippen LogP contribution in [0.1, 0.15) is 22.8 Å². The highest BCUT2D eigenvalue weighted by molar-refractivity contribution is 7.16. The summed E-state index contributed by atoms with van der Waals surface area (Å²) in [6, 6.07) is 11.7. The SMILES string of the molecule is CCOCCn1c(=NC(=O)c2cccc([N+](=O)[O-])c2)sc2cc(C)ccc21. The van der Waals surface area contributed by atoms with Gasteiger partial charge in [0.25, 0.3) is 11.6 Å². The molecule has 0 bridgehead atoms. The number of hydrogen-bond donors (Lipinski definition) is 0. The van der Waals surface area contributed by atoms with Gasteiger partial charge in [0, 0.05) is 30.8 Å². The largest absolute Gasteiger partial charge is 0.380 e. The highest BCUT2D eigenvalue weighted by atomic mass is 32.1. The molecular formula is C19H19N3O4S. The zero-order valence-corrected chi connectivity index (χ0v) is 15.9. The summed E-state index contributed by atoms with van der Waals surface area (Å²) in [7, 11) is 0. The number of nitrogens with zero attached hydrogens (tertiary/aromatic N) is 3. The van der Waals surface area contributed by atoms with Crippen LogP contribution in [0.5, 0.6) is 0 Å². The normalized spacial score (nSPS) is 11.9. The van der Waals surface area contributed by atoms with Gasteiger partial charge in [-0.2, -0.15) is 4.99 Å². The van der Waals surface area contributed by atoms with Gasteiger partial charge >= 0.3 is 0 Å². The van der Waals surface area contributed by atoms with Gasteiger partial charge in [-0.25, -0.2) is 0 Å². The van der Waals surface area contributed by atoms with Crippen molar-refractivity contribution in [2.24, 2.45) is 4.99 Å². The van der Waals surface area contributed by atoms with Crippen LogP contribution in [0.25, 0.3) is 10.2 Å². The van der Waals surface area contributed by atoms with Crippen molar-refractivity contribution in [2.75, 3.05) is 13.2 Å². The Bertz CT molecular complexity index is 1070. The Morgan fingerprint density at radius 2 is 2.11 bits per heavy atom. The number of aromatic nitrogens is 1. The number of aryl methyl sites for hydroxylation is 1. The number of amides is 1. The number of benzene rings is 2. The number of carbonyl (C=O) groups is 1. The molecule has 8 heteroatoms. The molecule has 140 valence electrons. The molecule has 0 saturated heterocycles. The molecule has 1 aromatic heterocycles. The highest BCUT2D eigenvalue weighted by Crippen LogP contribution is 2.19. The van der Waals surface area contributed by atoms with Crippen LogP contribution in [0, 0.1) is 17.0 Å². The number of non-ortho nitro benzene ring substituents is 1. The molecule has 0 atom stereocenters. The molecule has 0 aliphatic rings. The van der Waals surface area contributed by atoms with E-state index in [9.17, 15) is 14.9 Å². The first-order chi connectivity index (χ1) is 13.0. The van der Waals surface area contributed by atoms with Gasteiger partial charge < -0.3 is 9.30 Å². The molecule has 0 aliphatic carbocycles. The van der Waals surface area contributed by atoms with Crippen molar-refractivity contribution in [1.29, 1.82) is 0 Å². The quantitative estimate of drug-likeness (QED) is 0.368. The summed E-state index contributed by atoms with van der Waals surface area (Å²) in [6.07, 6.45) is 0. The van der Waals surface area contributed by atoms with Crippen molar-refractivity contribution in [3.63, 3.8) is 0 Å². The Labute approximate surface area is 159 Å². The third-order valence-corrected chi connectivity index (χ3v) is 5.04. The van der Waals surface area contributed by atoms with E-state index in [1.54, 1.807) is 0 Å². The number of rotatable bonds is 6. The Hall–Kier alpha value is -2.84. The molecule has 0 radical (unpaired) electrons. The molecule has 1 heterocycles. The van der Waals surface area contributed by atoms with E-state index in [-0.39, 0.29) is 11.3 Å². The predicted octanol–water partition coefficient (Wildman–Crippen LogP) is 3.70. The number of nitro groups is 1. The number of nitro benzene ring substituents is 1. The van der Waals surface area contributed by atoms with Crippen LogP contribution in [-0.4, -0.2) is 28.6 Å². The van der Waals surface area contributed by atoms with Crippen LogP contribution >= 0.6 is 11.3 Å². The third kappa shape index (κ3) is 4.29. The lowest BCUT2D eigenvalue weighted by molar-refractivity contribution is -0.384. The second-order valence-electron chi connectivity index (χ2n) is 5.93. The van der Waals surface area contributed by atoms with Crippen molar-refractivity contribution in [3.05, 3.63) is 68.5 Å². The number of carbonyl (C=O) groups excluding carboxylic acids is 1. The van der Waals surface area contributed by atoms with E-state index >= 15 is 0 Å². The molecule has 2 aromatic carbocycles. The van der Waals surface area contributed by atoms with Crippen LogP contribution < -0.4 is 4.80 Å². The van der Waals surface area contributed by atoms with Gasteiger partial charge in [0.05, 0.1) is 21.7 Å². The minimum absolute atomic E-state index is 0.132. The first-order valence-corrected chi connectivity index (χ1v) is 9.32. The van der Waals surface area contributed by atoms with Gasteiger partial charge in [-0.1, -0.05) is 23.5 Å². The lowest BCUT2D eigenvalue weighted by atomic mass is 10.2. The van der Waals surface area contributed by atoms with Crippen LogP contribution in [0.4, 0.5) is 5.69 Å². The van der Waals surface area contributed by atoms with Gasteiger partial charge in [0.15, 0.2) is 4.80 Å². The van der Waals surface area contributed by atoms with Gasteiger partial charge in [-0.15, -0.1) is 0 Å². The van der Waals surface area contributed by atoms with E-state index in [0.29, 0.717) is 24.6 Å². The average molecular weight is 385 g/mol. The van der Waals surface area contributed by atoms with Crippen LogP contribution in [-0.2, 0) is 11.3 Å². The summed E-state index contributed by atoms with van der Waals surface area (Å²) < 4.78 is 8.42. The molecule has 0 spiro atoms. The van der Waals surface area contributed by atoms with E-state index in [1.165, 1.54) is 35.6 Å². The minimum atomic E-state index is -0.527. The molecule has 7 nitrogen and oxygen atoms in total. The van der Waals surface area contributed by atoms with E-state index in [0.717, 1.165) is 15.8 Å². The molecule has 0 fully saturated rings. The first-order valence-electron chi connectivity index (χ1n) is 8.51. The summed E-state index contributed by atoms with van der Waals surface area (Å²) >= 11 is 1.42. The number of thiazole rings is 1. The zero-order valence-electron chi connectivity index (χ0n) is 15.0. The fourth-order valence-electron chi connectivity index (χ4n) is 2.69. The molecule has 0 aliphatic heterocycles. The summed E-state index contributed by atoms with van der Waals surface area (Å²) in [6.45, 7) is 5.62. The molecule has 0 saturated carbocycles. The molecule has 27 heavy (non-hydrogen) atoms. The lowest BCUT2D eigenvalue weighted by Gasteiger charge is -2.05. The second-order valence-corrected chi connectivity index (χ2v) is 6.94. The van der Waals surface area contributed by atoms with Crippen molar-refractivity contribution in [3.8, 4) is 0 Å². The summed E-state index contributed by atoms with van der Waals surface area (Å²) in [4.78, 5) is 27.8. The van der Waals surface area contributed by atoms with Gasteiger partial charge in [-0.3, -0.25) is 14.9 Å². The molecule has 0 N–H and O–H groups in total. The van der Waals surface area contributed by atoms with Crippen LogP contribution in [0.3, 0.4) is 0 Å². The maximum Gasteiger partial charge on any atom is 0.279 e. The number of fused-ring (bicyclic) bond motifs is 1. The Morgan fingerprint density at radius 3 is 2.85 bits per heavy atom. The zero-order chi connectivity index (χ0) is 19.4. The maximum atomic E-state index is 12.6. The smallest absolute Gasteiger partial charge is 0.279 e. The number of hydrogen-bond acceptors (Lipinski definition) is 5. The summed E-state index contributed by atoms with van der Waals surface area (Å²) in [5.41, 5.74) is 2.16. The molecule has 0 unspecified atom stereocenters. The molecule has 3 aromatic rings. The highest BCUT2D eigenvalue weighted by Gasteiger charge is 2.13. The van der Waals surface area contributed by atoms with E-state index < -0.39 is 10.8 Å². The van der Waals surface area contributed by atoms with Gasteiger partial charge in [-0.05, 0) is 37.6 Å². The first kappa shape index (κ1) is 18.9.